The number of nitrogens with one attached hydrogen (secondary N) is 2. The Morgan fingerprint density at radius 3 is 2.92 bits per heavy atom. The van der Waals surface area contributed by atoms with Gasteiger partial charge in [-0.25, -0.2) is 4.98 Å². The Hall–Kier alpha value is -0.980. The van der Waals surface area contributed by atoms with Gasteiger partial charge >= 0.3 is 0 Å². The third-order valence-corrected chi connectivity index (χ3v) is 6.78. The Morgan fingerprint density at radius 1 is 1.36 bits per heavy atom. The van der Waals surface area contributed by atoms with E-state index in [4.69, 9.17) is 0 Å². The molecule has 2 N–H and O–H groups in total. The lowest BCUT2D eigenvalue weighted by Crippen LogP contribution is -2.39. The van der Waals surface area contributed by atoms with Crippen molar-refractivity contribution >= 4 is 22.4 Å². The number of anilines is 1. The molecule has 4 rings (SSSR count). The highest BCUT2D eigenvalue weighted by Gasteiger charge is 2.34. The number of hydrogen-bond acceptors (Lipinski definition) is 5. The highest BCUT2D eigenvalue weighted by Crippen LogP contribution is 2.33. The van der Waals surface area contributed by atoms with Gasteiger partial charge in [-0.3, -0.25) is 9.69 Å². The van der Waals surface area contributed by atoms with Crippen molar-refractivity contribution in [1.29, 1.82) is 0 Å². The highest BCUT2D eigenvalue weighted by atomic mass is 32.1. The van der Waals surface area contributed by atoms with Gasteiger partial charge in [-0.2, -0.15) is 0 Å². The van der Waals surface area contributed by atoms with E-state index in [1.165, 1.54) is 32.2 Å². The first kappa shape index (κ1) is 17.4. The van der Waals surface area contributed by atoms with Crippen LogP contribution in [0.4, 0.5) is 5.13 Å². The van der Waals surface area contributed by atoms with E-state index in [-0.39, 0.29) is 5.91 Å². The minimum absolute atomic E-state index is 0.138. The summed E-state index contributed by atoms with van der Waals surface area (Å²) in [7, 11) is 0. The highest BCUT2D eigenvalue weighted by molar-refractivity contribution is 7.13. The summed E-state index contributed by atoms with van der Waals surface area (Å²) in [6, 6.07) is 1.30. The van der Waals surface area contributed by atoms with Gasteiger partial charge in [0.15, 0.2) is 5.13 Å². The zero-order chi connectivity index (χ0) is 17.2. The average Bonchev–Trinajstić information content (AvgIpc) is 3.13. The molecule has 0 spiro atoms. The number of fused-ring (bicyclic) bond motifs is 2. The minimum atomic E-state index is 0.138. The molecule has 3 saturated heterocycles. The summed E-state index contributed by atoms with van der Waals surface area (Å²) in [6.45, 7) is 5.57. The number of hydrogen-bond donors (Lipinski definition) is 2. The van der Waals surface area contributed by atoms with Crippen molar-refractivity contribution in [2.45, 2.75) is 70.5 Å². The second-order valence-corrected chi connectivity index (χ2v) is 9.21. The molecule has 3 unspecified atom stereocenters. The maximum Gasteiger partial charge on any atom is 0.226 e. The van der Waals surface area contributed by atoms with Gasteiger partial charge in [0.05, 0.1) is 5.69 Å². The van der Waals surface area contributed by atoms with Gasteiger partial charge in [0.25, 0.3) is 0 Å². The van der Waals surface area contributed by atoms with Gasteiger partial charge in [0.2, 0.25) is 5.91 Å². The number of rotatable bonds is 5. The molecule has 2 bridgehead atoms. The lowest BCUT2D eigenvalue weighted by molar-refractivity contribution is -0.117. The van der Waals surface area contributed by atoms with E-state index in [1.54, 1.807) is 11.3 Å². The molecule has 1 amide bonds. The maximum absolute atomic E-state index is 12.4. The molecule has 138 valence electrons. The molecule has 1 aromatic heterocycles. The number of nitrogens with zero attached hydrogens (tertiary/aromatic N) is 2. The maximum atomic E-state index is 12.4. The van der Waals surface area contributed by atoms with E-state index < -0.39 is 0 Å². The molecule has 0 aromatic carbocycles. The molecule has 3 atom stereocenters. The van der Waals surface area contributed by atoms with Crippen molar-refractivity contribution in [3.63, 3.8) is 0 Å². The quantitative estimate of drug-likeness (QED) is 0.844. The van der Waals surface area contributed by atoms with E-state index >= 15 is 0 Å². The summed E-state index contributed by atoms with van der Waals surface area (Å²) in [5.41, 5.74) is 1.09. The molecule has 3 aliphatic rings. The van der Waals surface area contributed by atoms with E-state index in [1.807, 2.05) is 0 Å². The summed E-state index contributed by atoms with van der Waals surface area (Å²) in [5, 5.41) is 9.54. The number of piperidine rings is 2. The van der Waals surface area contributed by atoms with E-state index in [9.17, 15) is 4.79 Å². The standard InChI is InChI=1S/C19H30N4OS/c1-13-3-2-6-23(10-13)11-17-12-25-19(21-17)22-18(24)9-14-7-15-4-5-16(8-14)20-15/h12-16,20H,2-11H2,1H3,(H,21,22,24). The lowest BCUT2D eigenvalue weighted by Gasteiger charge is -2.30. The Kier molecular flexibility index (Phi) is 5.39. The molecule has 3 fully saturated rings. The van der Waals surface area contributed by atoms with Crippen molar-refractivity contribution < 1.29 is 4.79 Å². The summed E-state index contributed by atoms with van der Waals surface area (Å²) in [6.07, 6.45) is 8.15. The van der Waals surface area contributed by atoms with Crippen molar-refractivity contribution in [3.8, 4) is 0 Å². The van der Waals surface area contributed by atoms with Crippen LogP contribution in [0.2, 0.25) is 0 Å². The topological polar surface area (TPSA) is 57.3 Å². The van der Waals surface area contributed by atoms with Crippen LogP contribution in [-0.4, -0.2) is 41.0 Å². The predicted molar refractivity (Wildman–Crippen MR) is 102 cm³/mol. The molecular weight excluding hydrogens is 332 g/mol. The molecule has 0 saturated carbocycles. The Morgan fingerprint density at radius 2 is 2.16 bits per heavy atom. The van der Waals surface area contributed by atoms with Crippen LogP contribution in [0.3, 0.4) is 0 Å². The van der Waals surface area contributed by atoms with Crippen LogP contribution in [0.1, 0.15) is 57.6 Å². The number of aromatic nitrogens is 1. The molecular formula is C19H30N4OS. The van der Waals surface area contributed by atoms with Crippen LogP contribution in [-0.2, 0) is 11.3 Å². The van der Waals surface area contributed by atoms with Crippen molar-refractivity contribution in [2.75, 3.05) is 18.4 Å². The summed E-state index contributed by atoms with van der Waals surface area (Å²) < 4.78 is 0. The fourth-order valence-electron chi connectivity index (χ4n) is 4.87. The number of thiazole rings is 1. The molecule has 0 radical (unpaired) electrons. The van der Waals surface area contributed by atoms with Crippen molar-refractivity contribution in [2.24, 2.45) is 11.8 Å². The summed E-state index contributed by atoms with van der Waals surface area (Å²) >= 11 is 1.56. The number of likely N-dealkylation sites (tertiary alicyclic amines) is 1. The molecule has 5 nitrogen and oxygen atoms in total. The first-order valence-corrected chi connectivity index (χ1v) is 10.7. The van der Waals surface area contributed by atoms with Crippen molar-refractivity contribution in [1.82, 2.24) is 15.2 Å². The molecule has 1 aromatic rings. The molecule has 3 aliphatic heterocycles. The van der Waals surface area contributed by atoms with Gasteiger partial charge in [0.1, 0.15) is 0 Å². The second kappa shape index (κ2) is 7.72. The van der Waals surface area contributed by atoms with Crippen LogP contribution in [0.5, 0.6) is 0 Å². The molecule has 25 heavy (non-hydrogen) atoms. The van der Waals surface area contributed by atoms with E-state index in [0.717, 1.165) is 42.7 Å². The fourth-order valence-corrected chi connectivity index (χ4v) is 5.59. The smallest absolute Gasteiger partial charge is 0.226 e. The Labute approximate surface area is 154 Å². The number of carbonyl (C=O) groups excluding carboxylic acids is 1. The van der Waals surface area contributed by atoms with Gasteiger partial charge in [-0.15, -0.1) is 11.3 Å². The third-order valence-electron chi connectivity index (χ3n) is 5.97. The normalized spacial score (nSPS) is 32.7. The van der Waals surface area contributed by atoms with Crippen LogP contribution >= 0.6 is 11.3 Å². The zero-order valence-electron chi connectivity index (χ0n) is 15.2. The van der Waals surface area contributed by atoms with E-state index in [0.29, 0.717) is 24.4 Å². The first-order chi connectivity index (χ1) is 12.1. The zero-order valence-corrected chi connectivity index (χ0v) is 16.0. The average molecular weight is 363 g/mol. The molecule has 6 heteroatoms. The second-order valence-electron chi connectivity index (χ2n) is 8.35. The first-order valence-electron chi connectivity index (χ1n) is 9.86. The molecule has 4 heterocycles. The van der Waals surface area contributed by atoms with E-state index in [2.05, 4.69) is 32.8 Å². The van der Waals surface area contributed by atoms with Gasteiger partial charge < -0.3 is 10.6 Å². The van der Waals surface area contributed by atoms with Gasteiger partial charge in [0, 0.05) is 37.0 Å². The molecule has 0 aliphatic carbocycles. The van der Waals surface area contributed by atoms with Crippen LogP contribution in [0.15, 0.2) is 5.38 Å². The van der Waals surface area contributed by atoms with Crippen LogP contribution in [0, 0.1) is 11.8 Å². The monoisotopic (exact) mass is 362 g/mol. The van der Waals surface area contributed by atoms with Crippen molar-refractivity contribution in [3.05, 3.63) is 11.1 Å². The number of carbonyl (C=O) groups is 1. The summed E-state index contributed by atoms with van der Waals surface area (Å²) in [5.74, 6) is 1.46. The van der Waals surface area contributed by atoms with Gasteiger partial charge in [-0.05, 0) is 56.9 Å². The lowest BCUT2D eigenvalue weighted by atomic mass is 9.89. The number of amides is 1. The predicted octanol–water partition coefficient (Wildman–Crippen LogP) is 3.23. The Bertz CT molecular complexity index is 592. The third kappa shape index (κ3) is 4.60. The Balaban J connectivity index is 1.25. The summed E-state index contributed by atoms with van der Waals surface area (Å²) in [4.78, 5) is 19.5. The van der Waals surface area contributed by atoms with Crippen LogP contribution < -0.4 is 10.6 Å². The largest absolute Gasteiger partial charge is 0.311 e. The fraction of sp³-hybridized carbons (Fsp3) is 0.789. The SMILES string of the molecule is CC1CCCN(Cc2csc(NC(=O)CC3CC4CCC(C3)N4)n2)C1. The van der Waals surface area contributed by atoms with Gasteiger partial charge in [-0.1, -0.05) is 6.92 Å². The van der Waals surface area contributed by atoms with Crippen LogP contribution in [0.25, 0.3) is 0 Å². The minimum Gasteiger partial charge on any atom is -0.311 e.